The van der Waals surface area contributed by atoms with Crippen molar-refractivity contribution in [2.45, 2.75) is 18.1 Å². The monoisotopic (exact) mass is 177 g/mol. The minimum absolute atomic E-state index is 0.835. The summed E-state index contributed by atoms with van der Waals surface area (Å²) in [5.41, 5.74) is 2.44. The topological polar surface area (TPSA) is 23.8 Å². The van der Waals surface area contributed by atoms with Gasteiger partial charge < -0.3 is 0 Å². The van der Waals surface area contributed by atoms with Crippen LogP contribution in [0.2, 0.25) is 18.1 Å². The van der Waals surface area contributed by atoms with Gasteiger partial charge in [-0.05, 0) is 18.1 Å². The van der Waals surface area contributed by atoms with E-state index in [4.69, 9.17) is 5.26 Å². The van der Waals surface area contributed by atoms with Crippen LogP contribution in [0.4, 0.5) is 0 Å². The summed E-state index contributed by atoms with van der Waals surface area (Å²) in [5, 5.41) is 9.04. The summed E-state index contributed by atoms with van der Waals surface area (Å²) in [6.45, 7) is 11.0. The predicted molar refractivity (Wildman–Crippen MR) is 56.4 cm³/mol. The Hall–Kier alpha value is -1.07. The highest BCUT2D eigenvalue weighted by Crippen LogP contribution is 2.21. The molecule has 0 unspecified atom stereocenters. The molecule has 1 nitrogen and oxygen atoms in total. The van der Waals surface area contributed by atoms with E-state index in [1.54, 1.807) is 0 Å². The second-order valence-corrected chi connectivity index (χ2v) is 6.88. The number of nitrogens with zero attached hydrogens (tertiary/aromatic N) is 1. The van der Waals surface area contributed by atoms with Crippen LogP contribution in [0.15, 0.2) is 38.0 Å². The van der Waals surface area contributed by atoms with Crippen molar-refractivity contribution in [3.63, 3.8) is 0 Å². The van der Waals surface area contributed by atoms with E-state index in [-0.39, 0.29) is 0 Å². The molecule has 0 aromatic rings. The van der Waals surface area contributed by atoms with Crippen LogP contribution in [0, 0.1) is 11.0 Å². The molecular formula is C10H15NSi. The Bertz CT molecular complexity index is 186. The third-order valence-corrected chi connectivity index (χ3v) is 5.53. The molecular weight excluding hydrogens is 162 g/mol. The zero-order chi connectivity index (χ0) is 9.45. The van der Waals surface area contributed by atoms with E-state index in [0.717, 1.165) is 18.1 Å². The Balaban J connectivity index is 4.49. The Kier molecular flexibility index (Phi) is 5.06. The minimum atomic E-state index is -1.82. The van der Waals surface area contributed by atoms with Crippen molar-refractivity contribution in [3.8, 4) is 5.69 Å². The van der Waals surface area contributed by atoms with Crippen LogP contribution in [0.3, 0.4) is 0 Å². The maximum atomic E-state index is 9.04. The van der Waals surface area contributed by atoms with Gasteiger partial charge in [-0.25, -0.2) is 5.26 Å². The van der Waals surface area contributed by atoms with Crippen LogP contribution < -0.4 is 0 Å². The van der Waals surface area contributed by atoms with Crippen molar-refractivity contribution >= 4 is 8.07 Å². The number of nitriles is 1. The maximum Gasteiger partial charge on any atom is 0.184 e. The molecule has 0 amide bonds. The lowest BCUT2D eigenvalue weighted by Gasteiger charge is -2.17. The quantitative estimate of drug-likeness (QED) is 0.452. The highest BCUT2D eigenvalue weighted by molar-refractivity contribution is 6.87. The molecule has 0 radical (unpaired) electrons. The van der Waals surface area contributed by atoms with Crippen LogP contribution in [-0.4, -0.2) is 8.07 Å². The lowest BCUT2D eigenvalue weighted by molar-refractivity contribution is 1.37. The smallest absolute Gasteiger partial charge is 0.184 e. The molecule has 64 valence electrons. The van der Waals surface area contributed by atoms with Gasteiger partial charge in [-0.15, -0.1) is 19.7 Å². The SMILES string of the molecule is C=CC[Si](C#N)(CC=C)CC=C. The first-order valence-electron chi connectivity index (χ1n) is 3.98. The molecule has 0 aliphatic rings. The van der Waals surface area contributed by atoms with Gasteiger partial charge >= 0.3 is 0 Å². The molecule has 0 rings (SSSR count). The van der Waals surface area contributed by atoms with Crippen molar-refractivity contribution in [1.82, 2.24) is 0 Å². The fraction of sp³-hybridized carbons (Fsp3) is 0.300. The molecule has 0 aliphatic heterocycles. The standard InChI is InChI=1S/C10H15NSi/c1-4-7-12(10-11,8-5-2)9-6-3/h4-6H,1-3,7-9H2. The van der Waals surface area contributed by atoms with Gasteiger partial charge in [-0.3, -0.25) is 0 Å². The van der Waals surface area contributed by atoms with E-state index in [9.17, 15) is 0 Å². The van der Waals surface area contributed by atoms with Crippen molar-refractivity contribution in [3.05, 3.63) is 38.0 Å². The Morgan fingerprint density at radius 3 is 1.50 bits per heavy atom. The summed E-state index contributed by atoms with van der Waals surface area (Å²) in [4.78, 5) is 0. The van der Waals surface area contributed by atoms with Crippen molar-refractivity contribution in [2.24, 2.45) is 0 Å². The van der Waals surface area contributed by atoms with Crippen LogP contribution >= 0.6 is 0 Å². The third-order valence-electron chi connectivity index (χ3n) is 1.84. The van der Waals surface area contributed by atoms with E-state index in [2.05, 4.69) is 25.4 Å². The molecule has 0 fully saturated rings. The van der Waals surface area contributed by atoms with Crippen LogP contribution in [0.1, 0.15) is 0 Å². The van der Waals surface area contributed by atoms with Gasteiger partial charge in [0.25, 0.3) is 0 Å². The molecule has 0 bridgehead atoms. The Morgan fingerprint density at radius 1 is 1.00 bits per heavy atom. The van der Waals surface area contributed by atoms with Gasteiger partial charge in [-0.1, -0.05) is 18.2 Å². The third kappa shape index (κ3) is 2.89. The van der Waals surface area contributed by atoms with E-state index >= 15 is 0 Å². The van der Waals surface area contributed by atoms with Gasteiger partial charge in [0.2, 0.25) is 0 Å². The molecule has 0 atom stereocenters. The Labute approximate surface area is 75.7 Å². The summed E-state index contributed by atoms with van der Waals surface area (Å²) >= 11 is 0. The van der Waals surface area contributed by atoms with Crippen LogP contribution in [0.25, 0.3) is 0 Å². The molecule has 12 heavy (non-hydrogen) atoms. The zero-order valence-corrected chi connectivity index (χ0v) is 8.42. The number of hydrogen-bond acceptors (Lipinski definition) is 1. The molecule has 0 saturated heterocycles. The Morgan fingerprint density at radius 2 is 1.33 bits per heavy atom. The molecule has 0 N–H and O–H groups in total. The fourth-order valence-electron chi connectivity index (χ4n) is 1.22. The molecule has 0 spiro atoms. The van der Waals surface area contributed by atoms with Crippen molar-refractivity contribution < 1.29 is 0 Å². The lowest BCUT2D eigenvalue weighted by atomic mass is 10.7. The zero-order valence-electron chi connectivity index (χ0n) is 7.42. The molecule has 0 saturated carbocycles. The van der Waals surface area contributed by atoms with Crippen LogP contribution in [-0.2, 0) is 0 Å². The summed E-state index contributed by atoms with van der Waals surface area (Å²) in [5.74, 6) is 0. The minimum Gasteiger partial charge on any atom is -0.207 e. The number of hydrogen-bond donors (Lipinski definition) is 0. The summed E-state index contributed by atoms with van der Waals surface area (Å²) in [6.07, 6.45) is 5.51. The van der Waals surface area contributed by atoms with Gasteiger partial charge in [0, 0.05) is 5.69 Å². The second kappa shape index (κ2) is 5.56. The lowest BCUT2D eigenvalue weighted by Crippen LogP contribution is -2.30. The van der Waals surface area contributed by atoms with Gasteiger partial charge in [0.1, 0.15) is 0 Å². The van der Waals surface area contributed by atoms with Gasteiger partial charge in [0.15, 0.2) is 8.07 Å². The summed E-state index contributed by atoms with van der Waals surface area (Å²) in [7, 11) is -1.82. The summed E-state index contributed by atoms with van der Waals surface area (Å²) in [6, 6.07) is 2.50. The maximum absolute atomic E-state index is 9.04. The van der Waals surface area contributed by atoms with E-state index in [0.29, 0.717) is 0 Å². The summed E-state index contributed by atoms with van der Waals surface area (Å²) < 4.78 is 0. The first-order chi connectivity index (χ1) is 5.74. The highest BCUT2D eigenvalue weighted by atomic mass is 28.3. The van der Waals surface area contributed by atoms with E-state index in [1.807, 2.05) is 18.2 Å². The van der Waals surface area contributed by atoms with E-state index in [1.165, 1.54) is 0 Å². The second-order valence-electron chi connectivity index (χ2n) is 2.87. The fourth-order valence-corrected chi connectivity index (χ4v) is 3.65. The predicted octanol–water partition coefficient (Wildman–Crippen LogP) is 3.06. The first-order valence-corrected chi connectivity index (χ1v) is 6.61. The molecule has 0 heterocycles. The van der Waals surface area contributed by atoms with E-state index < -0.39 is 8.07 Å². The first kappa shape index (κ1) is 10.9. The largest absolute Gasteiger partial charge is 0.207 e. The molecule has 0 aromatic carbocycles. The average Bonchev–Trinajstić information content (AvgIpc) is 2.06. The number of allylic oxidation sites excluding steroid dienone is 3. The molecule has 2 heteroatoms. The number of rotatable bonds is 6. The average molecular weight is 177 g/mol. The van der Waals surface area contributed by atoms with Crippen molar-refractivity contribution in [2.75, 3.05) is 0 Å². The van der Waals surface area contributed by atoms with Gasteiger partial charge in [-0.2, -0.15) is 0 Å². The molecule has 0 aliphatic carbocycles. The highest BCUT2D eigenvalue weighted by Gasteiger charge is 2.29. The molecule has 0 aromatic heterocycles. The van der Waals surface area contributed by atoms with Gasteiger partial charge in [0.05, 0.1) is 0 Å². The normalized spacial score (nSPS) is 9.92. The van der Waals surface area contributed by atoms with Crippen molar-refractivity contribution in [1.29, 1.82) is 5.26 Å². The van der Waals surface area contributed by atoms with Crippen LogP contribution in [0.5, 0.6) is 0 Å².